The Kier molecular flexibility index (Phi) is 31.9. The number of carbonyl (C=O) groups excluding carboxylic acids is 11. The van der Waals surface area contributed by atoms with Crippen LogP contribution in [0.5, 0.6) is 0 Å². The second kappa shape index (κ2) is 35.2. The van der Waals surface area contributed by atoms with E-state index in [0.29, 0.717) is 6.42 Å². The highest BCUT2D eigenvalue weighted by atomic mass is 16.3. The van der Waals surface area contributed by atoms with E-state index in [9.17, 15) is 38.7 Å². The second-order valence-electron chi connectivity index (χ2n) is 26.9. The van der Waals surface area contributed by atoms with Crippen LogP contribution in [0.25, 0.3) is 0 Å². The Morgan fingerprint density at radius 2 is 0.759 bits per heavy atom. The zero-order valence-electron chi connectivity index (χ0n) is 57.9. The summed E-state index contributed by atoms with van der Waals surface area (Å²) >= 11 is 0. The van der Waals surface area contributed by atoms with E-state index in [1.54, 1.807) is 47.6 Å². The number of nitrogens with zero attached hydrogens (tertiary/aromatic N) is 8. The quantitative estimate of drug-likeness (QED) is 0.170. The van der Waals surface area contributed by atoms with Crippen LogP contribution in [0.15, 0.2) is 12.2 Å². The Balaban J connectivity index is 4.43. The van der Waals surface area contributed by atoms with Gasteiger partial charge in [0.1, 0.15) is 66.5 Å². The summed E-state index contributed by atoms with van der Waals surface area (Å²) in [5.41, 5.74) is 0. The molecule has 0 aliphatic carbocycles. The van der Waals surface area contributed by atoms with Gasteiger partial charge in [0.2, 0.25) is 65.0 Å². The molecule has 13 atom stereocenters. The third-order valence-electron chi connectivity index (χ3n) is 17.0. The summed E-state index contributed by atoms with van der Waals surface area (Å²) in [4.78, 5) is 172. The van der Waals surface area contributed by atoms with Gasteiger partial charge in [0.15, 0.2) is 0 Å². The number of nitrogens with one attached hydrogen (secondary N) is 3. The van der Waals surface area contributed by atoms with E-state index in [1.807, 2.05) is 68.4 Å². The number of aliphatic hydroxyl groups is 1. The van der Waals surface area contributed by atoms with Gasteiger partial charge >= 0.3 is 0 Å². The van der Waals surface area contributed by atoms with Gasteiger partial charge < -0.3 is 60.3 Å². The van der Waals surface area contributed by atoms with Gasteiger partial charge in [0.05, 0.1) is 6.10 Å². The lowest BCUT2D eigenvalue weighted by molar-refractivity contribution is -0.161. The first-order valence-corrected chi connectivity index (χ1v) is 31.4. The van der Waals surface area contributed by atoms with Crippen molar-refractivity contribution in [2.75, 3.05) is 56.4 Å². The maximum Gasteiger partial charge on any atom is 0.248 e. The molecule has 0 saturated carbocycles. The minimum Gasteiger partial charge on any atom is -0.390 e. The Labute approximate surface area is 521 Å². The highest BCUT2D eigenvalue weighted by molar-refractivity contribution is 6.00. The summed E-state index contributed by atoms with van der Waals surface area (Å²) in [5.74, 6) is -9.59. The first-order valence-electron chi connectivity index (χ1n) is 31.4. The highest BCUT2D eigenvalue weighted by Gasteiger charge is 2.47. The van der Waals surface area contributed by atoms with Crippen molar-refractivity contribution in [3.05, 3.63) is 12.2 Å². The molecule has 87 heavy (non-hydrogen) atoms. The third-order valence-corrected chi connectivity index (χ3v) is 17.0. The molecule has 1 aliphatic heterocycles. The minimum atomic E-state index is -1.60. The molecule has 1 rings (SSSR count). The number of allylic oxidation sites excluding steroid dienone is 2. The zero-order valence-corrected chi connectivity index (χ0v) is 57.9. The van der Waals surface area contributed by atoms with Gasteiger partial charge in [0.25, 0.3) is 0 Å². The number of carbonyl (C=O) groups is 11. The number of amides is 11. The molecule has 0 aromatic heterocycles. The molecule has 23 nitrogen and oxygen atoms in total. The minimum absolute atomic E-state index is 0.0400. The molecular formula is C64H115N11O12. The lowest BCUT2D eigenvalue weighted by Crippen LogP contribution is -2.64. The van der Waals surface area contributed by atoms with Gasteiger partial charge in [-0.15, -0.1) is 0 Å². The van der Waals surface area contributed by atoms with E-state index in [1.165, 1.54) is 107 Å². The summed E-state index contributed by atoms with van der Waals surface area (Å²) in [5, 5.41) is 20.5. The second-order valence-corrected chi connectivity index (χ2v) is 26.9. The fraction of sp³-hybridized carbons (Fsp3) is 0.797. The van der Waals surface area contributed by atoms with Gasteiger partial charge in [-0.2, -0.15) is 0 Å². The molecule has 0 aromatic rings. The average molecular weight is 1230 g/mol. The summed E-state index contributed by atoms with van der Waals surface area (Å²) in [6.45, 7) is 31.5. The molecule has 1 aliphatic rings. The van der Waals surface area contributed by atoms with Crippen LogP contribution in [0.3, 0.4) is 0 Å². The SMILES string of the molecule is C/C=C/C[C@@H](C)[C@@H](O)[C@H]1C(=O)N(C)[C@@H](CC)C(=O)N(C)[C@H](C)C(=O)N(C)[C@@H](CC(C)C)C(=O)N[C@@H](C(C)C)C(=O)N(C)[C@@H](CC(C)C)C(=O)N[C@@H](C)C(=O)N[C@H](C)C(=O)N(C)[C@@H](CC(C)C)C(=O)N(C)[C@@H](CC(C)C)C(=O)N(C)[C@@H](C(C)C)C(=O)N1C. The number of aliphatic hydroxyl groups excluding tert-OH is 1. The Bertz CT molecular complexity index is 2400. The van der Waals surface area contributed by atoms with Crippen molar-refractivity contribution in [2.24, 2.45) is 41.4 Å². The molecular weight excluding hydrogens is 1110 g/mol. The summed E-state index contributed by atoms with van der Waals surface area (Å²) in [7, 11) is 11.4. The predicted octanol–water partition coefficient (Wildman–Crippen LogP) is 4.00. The fourth-order valence-electron chi connectivity index (χ4n) is 11.3. The van der Waals surface area contributed by atoms with Crippen LogP contribution in [0.4, 0.5) is 0 Å². The van der Waals surface area contributed by atoms with E-state index in [-0.39, 0.29) is 55.8 Å². The van der Waals surface area contributed by atoms with Crippen LogP contribution in [0.2, 0.25) is 0 Å². The standard InChI is InChI=1S/C64H115N11O12/c1-27-29-30-41(15)53(76)52-64(87)69(20)45(28-2)59(82)68(19)44(18)58(81)70(21)47(32-36(5)6)56(79)67-50(39(11)12)62(85)71(22)46(31-35(3)4)55(78)65-42(16)54(77)66-43(17)57(80)72(23)48(33-37(7)8)60(83)73(24)49(34-38(9)10)61(84)74(25)51(40(13)14)63(86)75(52)26/h27,29,35-53,76H,28,30-34H2,1-26H3,(H,65,78)(H,66,77)(H,67,79)/b29-27+/t41-,42+,43-,44-,45+,46+,47+,48+,49+,50+,51+,52+,53-/m1/s1. The number of likely N-dealkylation sites (N-methyl/N-ethyl adjacent to an activating group) is 8. The summed E-state index contributed by atoms with van der Waals surface area (Å²) in [6, 6.07) is -13.5. The van der Waals surface area contributed by atoms with Crippen LogP contribution in [-0.2, 0) is 52.7 Å². The fourth-order valence-corrected chi connectivity index (χ4v) is 11.3. The zero-order chi connectivity index (χ0) is 67.7. The van der Waals surface area contributed by atoms with Gasteiger partial charge in [-0.25, -0.2) is 0 Å². The largest absolute Gasteiger partial charge is 0.390 e. The van der Waals surface area contributed by atoms with Gasteiger partial charge in [0, 0.05) is 56.4 Å². The molecule has 4 N–H and O–H groups in total. The molecule has 1 heterocycles. The molecule has 1 saturated heterocycles. The maximum atomic E-state index is 15.3. The Hall–Kier alpha value is -6.13. The number of hydrogen-bond acceptors (Lipinski definition) is 12. The lowest BCUT2D eigenvalue weighted by Gasteiger charge is -2.43. The topological polar surface area (TPSA) is 270 Å². The van der Waals surface area contributed by atoms with Crippen LogP contribution in [0.1, 0.15) is 163 Å². The van der Waals surface area contributed by atoms with Crippen LogP contribution >= 0.6 is 0 Å². The van der Waals surface area contributed by atoms with Crippen molar-refractivity contribution >= 4 is 65.0 Å². The predicted molar refractivity (Wildman–Crippen MR) is 338 cm³/mol. The normalized spacial score (nSPS) is 27.6. The van der Waals surface area contributed by atoms with Crippen molar-refractivity contribution < 1.29 is 57.8 Å². The van der Waals surface area contributed by atoms with E-state index >= 15 is 19.2 Å². The van der Waals surface area contributed by atoms with Crippen LogP contribution < -0.4 is 16.0 Å². The third kappa shape index (κ3) is 21.0. The molecule has 498 valence electrons. The van der Waals surface area contributed by atoms with Crippen molar-refractivity contribution in [3.8, 4) is 0 Å². The number of hydrogen-bond donors (Lipinski definition) is 4. The molecule has 23 heteroatoms. The molecule has 0 aromatic carbocycles. The summed E-state index contributed by atoms with van der Waals surface area (Å²) in [6.07, 6.45) is 3.07. The van der Waals surface area contributed by atoms with Crippen LogP contribution in [-0.4, -0.2) is 238 Å². The average Bonchev–Trinajstić information content (AvgIpc) is 1.37. The first-order chi connectivity index (χ1) is 40.1. The van der Waals surface area contributed by atoms with Gasteiger partial charge in [-0.3, -0.25) is 52.7 Å². The van der Waals surface area contributed by atoms with Gasteiger partial charge in [-0.05, 0) is 108 Å². The van der Waals surface area contributed by atoms with Crippen molar-refractivity contribution in [2.45, 2.75) is 236 Å². The van der Waals surface area contributed by atoms with E-state index in [2.05, 4.69) is 16.0 Å². The molecule has 11 amide bonds. The molecule has 1 fully saturated rings. The maximum absolute atomic E-state index is 15.3. The monoisotopic (exact) mass is 1230 g/mol. The smallest absolute Gasteiger partial charge is 0.248 e. The Morgan fingerprint density at radius 1 is 0.402 bits per heavy atom. The first kappa shape index (κ1) is 78.9. The van der Waals surface area contributed by atoms with Crippen LogP contribution in [0, 0.1) is 41.4 Å². The van der Waals surface area contributed by atoms with Crippen molar-refractivity contribution in [3.63, 3.8) is 0 Å². The number of rotatable bonds is 15. The van der Waals surface area contributed by atoms with E-state index in [0.717, 1.165) is 9.80 Å². The molecule has 0 bridgehead atoms. The van der Waals surface area contributed by atoms with Crippen molar-refractivity contribution in [1.29, 1.82) is 0 Å². The van der Waals surface area contributed by atoms with Gasteiger partial charge in [-0.1, -0.05) is 109 Å². The molecule has 0 unspecified atom stereocenters. The van der Waals surface area contributed by atoms with E-state index < -0.39 is 155 Å². The van der Waals surface area contributed by atoms with Crippen molar-refractivity contribution in [1.82, 2.24) is 55.1 Å². The highest BCUT2D eigenvalue weighted by Crippen LogP contribution is 2.27. The lowest BCUT2D eigenvalue weighted by atomic mass is 9.91. The Morgan fingerprint density at radius 3 is 1.18 bits per heavy atom. The molecule has 0 radical (unpaired) electrons. The molecule has 0 spiro atoms. The summed E-state index contributed by atoms with van der Waals surface area (Å²) < 4.78 is 0. The van der Waals surface area contributed by atoms with E-state index in [4.69, 9.17) is 0 Å².